The molecule has 1 unspecified atom stereocenters. The number of benzene rings is 1. The van der Waals surface area contributed by atoms with Gasteiger partial charge in [-0.3, -0.25) is 4.79 Å². The first-order valence-electron chi connectivity index (χ1n) is 6.00. The topological polar surface area (TPSA) is 87.6 Å². The van der Waals surface area contributed by atoms with Gasteiger partial charge in [-0.15, -0.1) is 0 Å². The van der Waals surface area contributed by atoms with Gasteiger partial charge in [0.15, 0.2) is 0 Å². The van der Waals surface area contributed by atoms with E-state index in [1.165, 1.54) is 0 Å². The van der Waals surface area contributed by atoms with E-state index < -0.39 is 5.41 Å². The normalized spacial score (nSPS) is 22.9. The molecule has 98 valence electrons. The molecule has 0 aliphatic carbocycles. The highest BCUT2D eigenvalue weighted by molar-refractivity contribution is 5.85. The van der Waals surface area contributed by atoms with Crippen LogP contribution < -0.4 is 11.5 Å². The number of hydrogen-bond acceptors (Lipinski definition) is 5. The Morgan fingerprint density at radius 1 is 1.44 bits per heavy atom. The number of carbonyl (C=O) groups is 1. The van der Waals surface area contributed by atoms with Crippen LogP contribution in [0.3, 0.4) is 0 Å². The van der Waals surface area contributed by atoms with E-state index in [2.05, 4.69) is 0 Å². The highest BCUT2D eigenvalue weighted by atomic mass is 16.5. The first kappa shape index (κ1) is 12.7. The average molecular weight is 250 g/mol. The maximum absolute atomic E-state index is 12.2. The van der Waals surface area contributed by atoms with Gasteiger partial charge >= 0.3 is 5.97 Å². The fraction of sp³-hybridized carbons (Fsp3) is 0.462. The molecule has 5 heteroatoms. The maximum Gasteiger partial charge on any atom is 0.319 e. The van der Waals surface area contributed by atoms with E-state index >= 15 is 0 Å². The van der Waals surface area contributed by atoms with Gasteiger partial charge in [-0.1, -0.05) is 6.07 Å². The van der Waals surface area contributed by atoms with E-state index in [9.17, 15) is 4.79 Å². The van der Waals surface area contributed by atoms with Crippen molar-refractivity contribution in [1.29, 1.82) is 0 Å². The van der Waals surface area contributed by atoms with Crippen molar-refractivity contribution in [3.05, 3.63) is 23.8 Å². The minimum absolute atomic E-state index is 0.258. The van der Waals surface area contributed by atoms with E-state index in [4.69, 9.17) is 20.9 Å². The molecule has 1 atom stereocenters. The Hall–Kier alpha value is -1.75. The molecule has 1 aliphatic heterocycles. The largest absolute Gasteiger partial charge is 0.465 e. The minimum atomic E-state index is -0.738. The van der Waals surface area contributed by atoms with Crippen molar-refractivity contribution in [2.24, 2.45) is 0 Å². The monoisotopic (exact) mass is 250 g/mol. The van der Waals surface area contributed by atoms with Gasteiger partial charge in [0.25, 0.3) is 0 Å². The summed E-state index contributed by atoms with van der Waals surface area (Å²) in [6.07, 6.45) is 0.606. The molecule has 0 bridgehead atoms. The lowest BCUT2D eigenvalue weighted by Gasteiger charge is -2.25. The third-order valence-electron chi connectivity index (χ3n) is 3.33. The second kappa shape index (κ2) is 4.86. The van der Waals surface area contributed by atoms with Gasteiger partial charge < -0.3 is 20.9 Å². The predicted octanol–water partition coefficient (Wildman–Crippen LogP) is 1.07. The van der Waals surface area contributed by atoms with E-state index in [0.717, 1.165) is 5.56 Å². The lowest BCUT2D eigenvalue weighted by Crippen LogP contribution is -2.38. The van der Waals surface area contributed by atoms with Gasteiger partial charge in [-0.25, -0.2) is 0 Å². The molecule has 2 rings (SSSR count). The number of rotatable bonds is 3. The summed E-state index contributed by atoms with van der Waals surface area (Å²) in [4.78, 5) is 12.2. The Labute approximate surface area is 106 Å². The first-order chi connectivity index (χ1) is 8.60. The third kappa shape index (κ3) is 2.01. The smallest absolute Gasteiger partial charge is 0.319 e. The van der Waals surface area contributed by atoms with Crippen LogP contribution in [-0.2, 0) is 19.7 Å². The van der Waals surface area contributed by atoms with Crippen molar-refractivity contribution < 1.29 is 14.3 Å². The summed E-state index contributed by atoms with van der Waals surface area (Å²) in [5.74, 6) is -0.258. The Bertz CT molecular complexity index is 454. The molecule has 1 heterocycles. The number of anilines is 2. The zero-order valence-corrected chi connectivity index (χ0v) is 10.4. The van der Waals surface area contributed by atoms with Crippen molar-refractivity contribution in [2.75, 3.05) is 31.3 Å². The molecule has 0 aromatic heterocycles. The van der Waals surface area contributed by atoms with Gasteiger partial charge in [-0.05, 0) is 31.0 Å². The van der Waals surface area contributed by atoms with Crippen LogP contribution in [0.15, 0.2) is 18.2 Å². The SMILES string of the molecule is CCOC(=O)C1(c2ccc(N)c(N)c2)CCOC1. The Kier molecular flexibility index (Phi) is 3.43. The van der Waals surface area contributed by atoms with Gasteiger partial charge in [0.1, 0.15) is 5.41 Å². The molecular weight excluding hydrogens is 232 g/mol. The molecule has 1 aromatic rings. The van der Waals surface area contributed by atoms with Gasteiger partial charge in [0, 0.05) is 6.61 Å². The average Bonchev–Trinajstić information content (AvgIpc) is 2.83. The number of nitrogens with two attached hydrogens (primary N) is 2. The second-order valence-corrected chi connectivity index (χ2v) is 4.45. The van der Waals surface area contributed by atoms with E-state index in [-0.39, 0.29) is 5.97 Å². The molecule has 0 radical (unpaired) electrons. The maximum atomic E-state index is 12.2. The van der Waals surface area contributed by atoms with Gasteiger partial charge in [0.2, 0.25) is 0 Å². The van der Waals surface area contributed by atoms with Crippen LogP contribution in [0.5, 0.6) is 0 Å². The first-order valence-corrected chi connectivity index (χ1v) is 6.00. The van der Waals surface area contributed by atoms with Crippen LogP contribution in [0, 0.1) is 0 Å². The van der Waals surface area contributed by atoms with Crippen molar-refractivity contribution in [3.63, 3.8) is 0 Å². The van der Waals surface area contributed by atoms with Crippen LogP contribution >= 0.6 is 0 Å². The summed E-state index contributed by atoms with van der Waals surface area (Å²) in [6, 6.07) is 5.27. The quantitative estimate of drug-likeness (QED) is 0.619. The molecule has 1 aromatic carbocycles. The van der Waals surface area contributed by atoms with Crippen LogP contribution in [0.4, 0.5) is 11.4 Å². The van der Waals surface area contributed by atoms with Gasteiger partial charge in [-0.2, -0.15) is 0 Å². The van der Waals surface area contributed by atoms with Crippen molar-refractivity contribution in [2.45, 2.75) is 18.8 Å². The van der Waals surface area contributed by atoms with Crippen LogP contribution in [0.2, 0.25) is 0 Å². The molecule has 1 aliphatic rings. The van der Waals surface area contributed by atoms with Gasteiger partial charge in [0.05, 0.1) is 24.6 Å². The Morgan fingerprint density at radius 2 is 2.22 bits per heavy atom. The third-order valence-corrected chi connectivity index (χ3v) is 3.33. The second-order valence-electron chi connectivity index (χ2n) is 4.45. The van der Waals surface area contributed by atoms with Crippen molar-refractivity contribution in [3.8, 4) is 0 Å². The molecule has 4 N–H and O–H groups in total. The number of ether oxygens (including phenoxy) is 2. The van der Waals surface area contributed by atoms with E-state index in [0.29, 0.717) is 37.6 Å². The van der Waals surface area contributed by atoms with Crippen molar-refractivity contribution >= 4 is 17.3 Å². The molecule has 0 saturated carbocycles. The summed E-state index contributed by atoms with van der Waals surface area (Å²) in [5, 5.41) is 0. The minimum Gasteiger partial charge on any atom is -0.465 e. The zero-order valence-electron chi connectivity index (χ0n) is 10.4. The summed E-state index contributed by atoms with van der Waals surface area (Å²) in [6.45, 7) is 3.02. The summed E-state index contributed by atoms with van der Waals surface area (Å²) < 4.78 is 10.5. The molecular formula is C13H18N2O3. The highest BCUT2D eigenvalue weighted by Crippen LogP contribution is 2.36. The molecule has 5 nitrogen and oxygen atoms in total. The molecule has 1 fully saturated rings. The number of carbonyl (C=O) groups excluding carboxylic acids is 1. The zero-order chi connectivity index (χ0) is 13.2. The Morgan fingerprint density at radius 3 is 2.78 bits per heavy atom. The highest BCUT2D eigenvalue weighted by Gasteiger charge is 2.45. The molecule has 1 saturated heterocycles. The summed E-state index contributed by atoms with van der Waals surface area (Å²) >= 11 is 0. The lowest BCUT2D eigenvalue weighted by molar-refractivity contribution is -0.150. The standard InChI is InChI=1S/C13H18N2O3/c1-2-18-12(16)13(5-6-17-8-13)9-3-4-10(14)11(15)7-9/h3-4,7H,2,5-6,8,14-15H2,1H3. The number of nitrogen functional groups attached to an aromatic ring is 2. The fourth-order valence-electron chi connectivity index (χ4n) is 2.21. The fourth-order valence-corrected chi connectivity index (χ4v) is 2.21. The number of esters is 1. The van der Waals surface area contributed by atoms with E-state index in [1.54, 1.807) is 19.1 Å². The van der Waals surface area contributed by atoms with E-state index in [1.807, 2.05) is 6.07 Å². The lowest BCUT2D eigenvalue weighted by atomic mass is 9.79. The molecule has 0 spiro atoms. The summed E-state index contributed by atoms with van der Waals surface area (Å²) in [5.41, 5.74) is 12.6. The molecule has 18 heavy (non-hydrogen) atoms. The van der Waals surface area contributed by atoms with Crippen LogP contribution in [-0.4, -0.2) is 25.8 Å². The van der Waals surface area contributed by atoms with Crippen molar-refractivity contribution in [1.82, 2.24) is 0 Å². The van der Waals surface area contributed by atoms with Crippen LogP contribution in [0.1, 0.15) is 18.9 Å². The number of hydrogen-bond donors (Lipinski definition) is 2. The van der Waals surface area contributed by atoms with Crippen LogP contribution in [0.25, 0.3) is 0 Å². The summed E-state index contributed by atoms with van der Waals surface area (Å²) in [7, 11) is 0. The predicted molar refractivity (Wildman–Crippen MR) is 69.0 cm³/mol. The Balaban J connectivity index is 2.40. The molecule has 0 amide bonds.